The van der Waals surface area contributed by atoms with Crippen molar-refractivity contribution in [3.63, 3.8) is 0 Å². The Kier molecular flexibility index (Phi) is 6.96. The first kappa shape index (κ1) is 21.1. The third-order valence-corrected chi connectivity index (χ3v) is 5.12. The molecule has 0 bridgehead atoms. The third-order valence-electron chi connectivity index (χ3n) is 4.33. The highest BCUT2D eigenvalue weighted by molar-refractivity contribution is 9.10. The summed E-state index contributed by atoms with van der Waals surface area (Å²) in [4.78, 5) is 9.60. The maximum atomic E-state index is 5.93. The van der Waals surface area contributed by atoms with Gasteiger partial charge in [-0.2, -0.15) is 5.10 Å². The molecule has 0 aliphatic carbocycles. The number of ether oxygens (including phenoxy) is 1. The molecule has 0 saturated heterocycles. The van der Waals surface area contributed by atoms with Gasteiger partial charge < -0.3 is 9.57 Å². The average Bonchev–Trinajstić information content (AvgIpc) is 3.30. The molecule has 4 aromatic rings. The second-order valence-electron chi connectivity index (χ2n) is 6.61. The molecule has 0 atom stereocenters. The zero-order valence-corrected chi connectivity index (χ0v) is 18.7. The van der Waals surface area contributed by atoms with Gasteiger partial charge in [0.15, 0.2) is 0 Å². The van der Waals surface area contributed by atoms with Crippen LogP contribution in [-0.2, 0) is 18.0 Å². The molecular weight excluding hydrogens is 480 g/mol. The predicted molar refractivity (Wildman–Crippen MR) is 123 cm³/mol. The Morgan fingerprint density at radius 2 is 1.61 bits per heavy atom. The molecule has 0 N–H and O–H groups in total. The van der Waals surface area contributed by atoms with Crippen LogP contribution in [0.4, 0.5) is 0 Å². The Morgan fingerprint density at radius 1 is 0.935 bits per heavy atom. The molecule has 156 valence electrons. The van der Waals surface area contributed by atoms with Crippen LogP contribution in [0.15, 0.2) is 95.1 Å². The standard InChI is InChI=1S/C23H18BrClN4O2/c24-19-5-11-22(12-6-19)31-21-9-3-18(4-10-21)23(13-29-16-26-15-27-29)28-30-14-17-1-7-20(25)8-2-17/h1-12,15-16H,13-14H2/b28-23-. The fourth-order valence-corrected chi connectivity index (χ4v) is 3.15. The first-order chi connectivity index (χ1) is 15.2. The van der Waals surface area contributed by atoms with Gasteiger partial charge in [0.05, 0.1) is 6.54 Å². The highest BCUT2D eigenvalue weighted by Crippen LogP contribution is 2.24. The molecular formula is C23H18BrClN4O2. The lowest BCUT2D eigenvalue weighted by molar-refractivity contribution is 0.130. The highest BCUT2D eigenvalue weighted by atomic mass is 79.9. The van der Waals surface area contributed by atoms with Crippen molar-refractivity contribution in [2.45, 2.75) is 13.2 Å². The molecule has 0 amide bonds. The number of rotatable bonds is 8. The molecule has 0 saturated carbocycles. The Morgan fingerprint density at radius 3 is 2.26 bits per heavy atom. The van der Waals surface area contributed by atoms with E-state index in [1.807, 2.05) is 72.8 Å². The van der Waals surface area contributed by atoms with E-state index in [0.29, 0.717) is 18.2 Å². The minimum absolute atomic E-state index is 0.336. The van der Waals surface area contributed by atoms with Crippen LogP contribution in [-0.4, -0.2) is 20.5 Å². The molecule has 6 nitrogen and oxygen atoms in total. The minimum atomic E-state index is 0.336. The summed E-state index contributed by atoms with van der Waals surface area (Å²) in [6, 6.07) is 22.8. The largest absolute Gasteiger partial charge is 0.457 e. The van der Waals surface area contributed by atoms with E-state index in [1.54, 1.807) is 11.0 Å². The smallest absolute Gasteiger partial charge is 0.142 e. The molecule has 0 unspecified atom stereocenters. The van der Waals surface area contributed by atoms with Crippen LogP contribution in [0.1, 0.15) is 11.1 Å². The van der Waals surface area contributed by atoms with Gasteiger partial charge in [0.25, 0.3) is 0 Å². The second-order valence-corrected chi connectivity index (χ2v) is 7.96. The van der Waals surface area contributed by atoms with E-state index in [1.165, 1.54) is 6.33 Å². The molecule has 0 fully saturated rings. The number of benzene rings is 3. The molecule has 31 heavy (non-hydrogen) atoms. The average molecular weight is 498 g/mol. The predicted octanol–water partition coefficient (Wildman–Crippen LogP) is 6.11. The zero-order valence-electron chi connectivity index (χ0n) is 16.4. The molecule has 3 aromatic carbocycles. The summed E-state index contributed by atoms with van der Waals surface area (Å²) in [6.45, 7) is 0.760. The van der Waals surface area contributed by atoms with Gasteiger partial charge in [-0.1, -0.05) is 44.8 Å². The Balaban J connectivity index is 1.48. The monoisotopic (exact) mass is 496 g/mol. The van der Waals surface area contributed by atoms with Crippen molar-refractivity contribution < 1.29 is 9.57 Å². The van der Waals surface area contributed by atoms with Crippen molar-refractivity contribution in [3.05, 3.63) is 106 Å². The zero-order chi connectivity index (χ0) is 21.5. The van der Waals surface area contributed by atoms with E-state index in [2.05, 4.69) is 31.2 Å². The number of hydrogen-bond donors (Lipinski definition) is 0. The molecule has 1 heterocycles. The van der Waals surface area contributed by atoms with Crippen molar-refractivity contribution >= 4 is 33.2 Å². The van der Waals surface area contributed by atoms with Crippen LogP contribution in [0.5, 0.6) is 11.5 Å². The van der Waals surface area contributed by atoms with E-state index < -0.39 is 0 Å². The lowest BCUT2D eigenvalue weighted by Crippen LogP contribution is -2.13. The molecule has 1 aromatic heterocycles. The number of oxime groups is 1. The Hall–Kier alpha value is -3.16. The number of aromatic nitrogens is 3. The molecule has 4 rings (SSSR count). The van der Waals surface area contributed by atoms with Gasteiger partial charge in [0.2, 0.25) is 0 Å². The van der Waals surface area contributed by atoms with E-state index in [0.717, 1.165) is 32.8 Å². The summed E-state index contributed by atoms with van der Waals surface area (Å²) in [5.74, 6) is 1.49. The summed E-state index contributed by atoms with van der Waals surface area (Å²) in [7, 11) is 0. The van der Waals surface area contributed by atoms with Crippen LogP contribution in [0.25, 0.3) is 0 Å². The molecule has 0 spiro atoms. The van der Waals surface area contributed by atoms with Crippen LogP contribution < -0.4 is 4.74 Å². The minimum Gasteiger partial charge on any atom is -0.457 e. The lowest BCUT2D eigenvalue weighted by Gasteiger charge is -2.10. The van der Waals surface area contributed by atoms with Crippen molar-refractivity contribution in [3.8, 4) is 11.5 Å². The SMILES string of the molecule is Clc1ccc(CO/N=C(/Cn2cncn2)c2ccc(Oc3ccc(Br)cc3)cc2)cc1. The summed E-state index contributed by atoms with van der Waals surface area (Å²) >= 11 is 9.35. The molecule has 0 aliphatic rings. The van der Waals surface area contributed by atoms with Crippen LogP contribution in [0, 0.1) is 0 Å². The van der Waals surface area contributed by atoms with E-state index >= 15 is 0 Å². The van der Waals surface area contributed by atoms with Gasteiger partial charge in [0, 0.05) is 15.1 Å². The first-order valence-corrected chi connectivity index (χ1v) is 10.6. The van der Waals surface area contributed by atoms with Crippen LogP contribution in [0.3, 0.4) is 0 Å². The lowest BCUT2D eigenvalue weighted by atomic mass is 10.1. The van der Waals surface area contributed by atoms with Crippen LogP contribution in [0.2, 0.25) is 5.02 Å². The van der Waals surface area contributed by atoms with Gasteiger partial charge in [-0.05, 0) is 66.2 Å². The van der Waals surface area contributed by atoms with Gasteiger partial charge in [-0.25, -0.2) is 9.67 Å². The second kappa shape index (κ2) is 10.2. The van der Waals surface area contributed by atoms with Crippen molar-refractivity contribution in [2.75, 3.05) is 0 Å². The van der Waals surface area contributed by atoms with Crippen molar-refractivity contribution in [1.29, 1.82) is 0 Å². The fourth-order valence-electron chi connectivity index (χ4n) is 2.76. The molecule has 8 heteroatoms. The normalized spacial score (nSPS) is 11.4. The highest BCUT2D eigenvalue weighted by Gasteiger charge is 2.08. The van der Waals surface area contributed by atoms with Gasteiger partial charge in [-0.3, -0.25) is 0 Å². The number of nitrogens with zero attached hydrogens (tertiary/aromatic N) is 4. The van der Waals surface area contributed by atoms with Crippen molar-refractivity contribution in [1.82, 2.24) is 14.8 Å². The Bertz CT molecular complexity index is 1130. The first-order valence-electron chi connectivity index (χ1n) is 9.45. The maximum absolute atomic E-state index is 5.93. The van der Waals surface area contributed by atoms with Crippen molar-refractivity contribution in [2.24, 2.45) is 5.16 Å². The van der Waals surface area contributed by atoms with Gasteiger partial charge in [0.1, 0.15) is 36.5 Å². The Labute approximate surface area is 193 Å². The third kappa shape index (κ3) is 6.16. The maximum Gasteiger partial charge on any atom is 0.142 e. The number of hydrogen-bond acceptors (Lipinski definition) is 5. The molecule has 0 radical (unpaired) electrons. The van der Waals surface area contributed by atoms with Gasteiger partial charge >= 0.3 is 0 Å². The van der Waals surface area contributed by atoms with E-state index in [-0.39, 0.29) is 0 Å². The van der Waals surface area contributed by atoms with Gasteiger partial charge in [-0.15, -0.1) is 0 Å². The summed E-state index contributed by atoms with van der Waals surface area (Å²) < 4.78 is 8.59. The summed E-state index contributed by atoms with van der Waals surface area (Å²) in [5.41, 5.74) is 2.59. The molecule has 0 aliphatic heterocycles. The van der Waals surface area contributed by atoms with Crippen LogP contribution >= 0.6 is 27.5 Å². The van der Waals surface area contributed by atoms with E-state index in [9.17, 15) is 0 Å². The summed E-state index contributed by atoms with van der Waals surface area (Å²) in [6.07, 6.45) is 3.13. The summed E-state index contributed by atoms with van der Waals surface area (Å²) in [5, 5.41) is 9.21. The quantitative estimate of drug-likeness (QED) is 0.218. The van der Waals surface area contributed by atoms with E-state index in [4.69, 9.17) is 21.2 Å². The fraction of sp³-hybridized carbons (Fsp3) is 0.0870. The number of halogens is 2. The topological polar surface area (TPSA) is 61.5 Å².